The molecule has 0 aromatic rings. The number of likely N-dealkylation sites (N-methyl/N-ethyl adjacent to an activating group) is 1. The largest absolute Gasteiger partial charge is 0.347 e. The third-order valence-corrected chi connectivity index (χ3v) is 3.21. The van der Waals surface area contributed by atoms with E-state index in [1.54, 1.807) is 19.0 Å². The highest BCUT2D eigenvalue weighted by Crippen LogP contribution is 2.19. The van der Waals surface area contributed by atoms with Crippen molar-refractivity contribution >= 4 is 5.91 Å². The Hall–Kier alpha value is -0.640. The number of carbonyl (C=O) groups excluding carboxylic acids is 1. The van der Waals surface area contributed by atoms with Gasteiger partial charge in [0.25, 0.3) is 0 Å². The van der Waals surface area contributed by atoms with Crippen LogP contribution >= 0.6 is 0 Å². The minimum atomic E-state index is -0.218. The summed E-state index contributed by atoms with van der Waals surface area (Å²) in [6.45, 7) is 3.40. The molecule has 1 saturated heterocycles. The summed E-state index contributed by atoms with van der Waals surface area (Å²) >= 11 is 0. The van der Waals surface area contributed by atoms with Crippen LogP contribution in [0.15, 0.2) is 0 Å². The number of nitrogens with zero attached hydrogens (tertiary/aromatic N) is 2. The average molecular weight is 216 g/mol. The number of amides is 1. The molecule has 0 spiro atoms. The molecule has 0 N–H and O–H groups in total. The van der Waals surface area contributed by atoms with Crippen LogP contribution in [0.25, 0.3) is 0 Å². The fourth-order valence-electron chi connectivity index (χ4n) is 2.02. The molecule has 4 heteroatoms. The fraction of sp³-hybridized carbons (Fsp3) is 0.909. The lowest BCUT2D eigenvalue weighted by Gasteiger charge is -2.35. The minimum absolute atomic E-state index is 0.0689. The summed E-state index contributed by atoms with van der Waals surface area (Å²) < 4.78 is 12.4. The molecule has 1 aliphatic heterocycles. The first-order chi connectivity index (χ1) is 7.06. The van der Waals surface area contributed by atoms with Gasteiger partial charge in [-0.2, -0.15) is 0 Å². The van der Waals surface area contributed by atoms with Gasteiger partial charge in [0.15, 0.2) is 0 Å². The molecule has 0 bridgehead atoms. The van der Waals surface area contributed by atoms with Crippen LogP contribution in [0.1, 0.15) is 19.8 Å². The molecule has 1 rings (SSSR count). The molecule has 1 heterocycles. The average Bonchev–Trinajstić information content (AvgIpc) is 2.27. The van der Waals surface area contributed by atoms with Crippen molar-refractivity contribution in [2.75, 3.05) is 33.9 Å². The topological polar surface area (TPSA) is 23.6 Å². The Balaban J connectivity index is 2.42. The number of halogens is 1. The zero-order valence-electron chi connectivity index (χ0n) is 9.87. The highest BCUT2D eigenvalue weighted by molar-refractivity contribution is 5.80. The zero-order valence-corrected chi connectivity index (χ0v) is 9.87. The molecule has 0 aromatic heterocycles. The maximum atomic E-state index is 12.4. The van der Waals surface area contributed by atoms with E-state index in [0.29, 0.717) is 0 Å². The van der Waals surface area contributed by atoms with Crippen LogP contribution in [-0.2, 0) is 4.79 Å². The molecule has 15 heavy (non-hydrogen) atoms. The molecule has 0 radical (unpaired) electrons. The zero-order chi connectivity index (χ0) is 11.4. The van der Waals surface area contributed by atoms with Gasteiger partial charge in [0, 0.05) is 14.1 Å². The Morgan fingerprint density at radius 3 is 2.40 bits per heavy atom. The third kappa shape index (κ3) is 3.16. The van der Waals surface area contributed by atoms with Gasteiger partial charge in [0.1, 0.15) is 0 Å². The van der Waals surface area contributed by atoms with E-state index >= 15 is 0 Å². The van der Waals surface area contributed by atoms with Gasteiger partial charge in [-0.3, -0.25) is 14.1 Å². The number of rotatable bonds is 3. The van der Waals surface area contributed by atoms with Crippen molar-refractivity contribution in [2.45, 2.75) is 25.8 Å². The maximum Gasteiger partial charge on any atom is 0.239 e. The summed E-state index contributed by atoms with van der Waals surface area (Å²) in [6, 6.07) is -0.0689. The molecule has 1 aliphatic rings. The maximum absolute atomic E-state index is 12.4. The van der Waals surface area contributed by atoms with Gasteiger partial charge in [-0.15, -0.1) is 0 Å². The molecule has 1 fully saturated rings. The monoisotopic (exact) mass is 216 g/mol. The van der Waals surface area contributed by atoms with Crippen LogP contribution in [0.5, 0.6) is 0 Å². The first-order valence-corrected chi connectivity index (χ1v) is 5.57. The Morgan fingerprint density at radius 1 is 1.47 bits per heavy atom. The van der Waals surface area contributed by atoms with E-state index < -0.39 is 0 Å². The first kappa shape index (κ1) is 12.4. The van der Waals surface area contributed by atoms with E-state index in [0.717, 1.165) is 25.9 Å². The van der Waals surface area contributed by atoms with Crippen molar-refractivity contribution in [2.24, 2.45) is 5.92 Å². The first-order valence-electron chi connectivity index (χ1n) is 5.57. The second-order valence-electron chi connectivity index (χ2n) is 4.54. The number of alkyl halides is 1. The van der Waals surface area contributed by atoms with E-state index in [1.807, 2.05) is 6.92 Å². The molecule has 88 valence electrons. The van der Waals surface area contributed by atoms with Gasteiger partial charge >= 0.3 is 0 Å². The van der Waals surface area contributed by atoms with Gasteiger partial charge in [-0.25, -0.2) is 0 Å². The summed E-state index contributed by atoms with van der Waals surface area (Å²) in [4.78, 5) is 15.5. The Kier molecular flexibility index (Phi) is 4.51. The number of hydrogen-bond acceptors (Lipinski definition) is 2. The summed E-state index contributed by atoms with van der Waals surface area (Å²) in [5.74, 6) is 0.344. The standard InChI is InChI=1S/C11H21FN2O/c1-9(11(15)13(2)3)14-6-4-10(8-12)5-7-14/h9-10H,4-8H2,1-3H3/t9-/m0/s1. The van der Waals surface area contributed by atoms with Gasteiger partial charge in [-0.1, -0.05) is 0 Å². The van der Waals surface area contributed by atoms with Gasteiger partial charge in [0.2, 0.25) is 5.91 Å². The summed E-state index contributed by atoms with van der Waals surface area (Å²) in [5.41, 5.74) is 0. The summed E-state index contributed by atoms with van der Waals surface area (Å²) in [7, 11) is 3.54. The quantitative estimate of drug-likeness (QED) is 0.706. The molecular weight excluding hydrogens is 195 g/mol. The minimum Gasteiger partial charge on any atom is -0.347 e. The highest BCUT2D eigenvalue weighted by Gasteiger charge is 2.27. The molecule has 0 unspecified atom stereocenters. The number of likely N-dealkylation sites (tertiary alicyclic amines) is 1. The lowest BCUT2D eigenvalue weighted by molar-refractivity contribution is -0.134. The van der Waals surface area contributed by atoms with Crippen LogP contribution in [-0.4, -0.2) is 55.6 Å². The molecule has 0 aliphatic carbocycles. The lowest BCUT2D eigenvalue weighted by Crippen LogP contribution is -2.48. The van der Waals surface area contributed by atoms with Crippen molar-refractivity contribution in [1.29, 1.82) is 0 Å². The normalized spacial score (nSPS) is 21.3. The van der Waals surface area contributed by atoms with Crippen LogP contribution in [0, 0.1) is 5.92 Å². The third-order valence-electron chi connectivity index (χ3n) is 3.21. The van der Waals surface area contributed by atoms with E-state index in [9.17, 15) is 9.18 Å². The van der Waals surface area contributed by atoms with Crippen molar-refractivity contribution in [3.05, 3.63) is 0 Å². The predicted molar refractivity (Wildman–Crippen MR) is 58.4 cm³/mol. The Bertz CT molecular complexity index is 213. The van der Waals surface area contributed by atoms with Crippen molar-refractivity contribution in [1.82, 2.24) is 9.80 Å². The predicted octanol–water partition coefficient (Wildman–Crippen LogP) is 1.14. The van der Waals surface area contributed by atoms with Gasteiger partial charge in [0.05, 0.1) is 12.7 Å². The highest BCUT2D eigenvalue weighted by atomic mass is 19.1. The Labute approximate surface area is 91.2 Å². The van der Waals surface area contributed by atoms with E-state index in [2.05, 4.69) is 4.90 Å². The van der Waals surface area contributed by atoms with Crippen molar-refractivity contribution < 1.29 is 9.18 Å². The molecule has 3 nitrogen and oxygen atoms in total. The molecule has 1 atom stereocenters. The summed E-state index contributed by atoms with van der Waals surface area (Å²) in [6.07, 6.45) is 1.75. The van der Waals surface area contributed by atoms with E-state index in [1.165, 1.54) is 0 Å². The van der Waals surface area contributed by atoms with E-state index in [-0.39, 0.29) is 24.5 Å². The van der Waals surface area contributed by atoms with Crippen molar-refractivity contribution in [3.63, 3.8) is 0 Å². The van der Waals surface area contributed by atoms with Gasteiger partial charge < -0.3 is 4.90 Å². The van der Waals surface area contributed by atoms with Crippen LogP contribution in [0.3, 0.4) is 0 Å². The number of carbonyl (C=O) groups is 1. The Morgan fingerprint density at radius 2 is 2.00 bits per heavy atom. The fourth-order valence-corrected chi connectivity index (χ4v) is 2.02. The van der Waals surface area contributed by atoms with E-state index in [4.69, 9.17) is 0 Å². The number of piperidine rings is 1. The number of hydrogen-bond donors (Lipinski definition) is 0. The van der Waals surface area contributed by atoms with Gasteiger partial charge in [-0.05, 0) is 38.8 Å². The van der Waals surface area contributed by atoms with Crippen molar-refractivity contribution in [3.8, 4) is 0 Å². The van der Waals surface area contributed by atoms with Crippen LogP contribution < -0.4 is 0 Å². The second kappa shape index (κ2) is 5.45. The molecule has 1 amide bonds. The molecule has 0 saturated carbocycles. The lowest BCUT2D eigenvalue weighted by atomic mass is 9.97. The molecular formula is C11H21FN2O. The second-order valence-corrected chi connectivity index (χ2v) is 4.54. The SMILES string of the molecule is C[C@@H](C(=O)N(C)C)N1CCC(CF)CC1. The smallest absolute Gasteiger partial charge is 0.239 e. The van der Waals surface area contributed by atoms with Crippen LogP contribution in [0.2, 0.25) is 0 Å². The van der Waals surface area contributed by atoms with Crippen LogP contribution in [0.4, 0.5) is 4.39 Å². The summed E-state index contributed by atoms with van der Waals surface area (Å²) in [5, 5.41) is 0. The molecule has 0 aromatic carbocycles.